The van der Waals surface area contributed by atoms with E-state index in [2.05, 4.69) is 20.1 Å². The molecule has 0 radical (unpaired) electrons. The van der Waals surface area contributed by atoms with Crippen LogP contribution >= 0.6 is 0 Å². The number of aromatic nitrogens is 3. The highest BCUT2D eigenvalue weighted by Crippen LogP contribution is 2.30. The number of aromatic amines is 1. The Morgan fingerprint density at radius 2 is 2.00 bits per heavy atom. The van der Waals surface area contributed by atoms with Gasteiger partial charge in [-0.2, -0.15) is 5.10 Å². The van der Waals surface area contributed by atoms with E-state index >= 15 is 0 Å². The first-order chi connectivity index (χ1) is 17.1. The van der Waals surface area contributed by atoms with Crippen molar-refractivity contribution in [3.8, 4) is 22.9 Å². The van der Waals surface area contributed by atoms with Crippen LogP contribution in [0.4, 0.5) is 0 Å². The van der Waals surface area contributed by atoms with Gasteiger partial charge < -0.3 is 19.2 Å². The summed E-state index contributed by atoms with van der Waals surface area (Å²) in [6.07, 6.45) is 6.87. The SMILES string of the molecule is O=C1C(O)CCN1C1CCN(Cc2coc3cc(Oc4ccc(-c5ccn[nH]5)cn4)ccc23)CC1. The molecule has 2 saturated heterocycles. The van der Waals surface area contributed by atoms with E-state index in [4.69, 9.17) is 9.15 Å². The van der Waals surface area contributed by atoms with Crippen molar-refractivity contribution < 1.29 is 19.1 Å². The maximum Gasteiger partial charge on any atom is 0.251 e. The highest BCUT2D eigenvalue weighted by atomic mass is 16.5. The van der Waals surface area contributed by atoms with Crippen molar-refractivity contribution in [1.82, 2.24) is 25.0 Å². The molecule has 1 amide bonds. The van der Waals surface area contributed by atoms with Gasteiger partial charge in [-0.1, -0.05) is 0 Å². The van der Waals surface area contributed by atoms with Crippen LogP contribution < -0.4 is 4.74 Å². The maximum absolute atomic E-state index is 12.1. The molecule has 0 bridgehead atoms. The highest BCUT2D eigenvalue weighted by Gasteiger charge is 2.36. The third-order valence-electron chi connectivity index (χ3n) is 7.00. The fourth-order valence-electron chi connectivity index (χ4n) is 5.07. The van der Waals surface area contributed by atoms with E-state index < -0.39 is 6.10 Å². The van der Waals surface area contributed by atoms with Crippen molar-refractivity contribution in [3.05, 3.63) is 60.6 Å². The van der Waals surface area contributed by atoms with E-state index in [-0.39, 0.29) is 11.9 Å². The fraction of sp³-hybridized carbons (Fsp3) is 0.346. The molecule has 5 heterocycles. The smallest absolute Gasteiger partial charge is 0.251 e. The van der Waals surface area contributed by atoms with E-state index in [1.807, 2.05) is 47.6 Å². The average Bonchev–Trinajstić information content (AvgIpc) is 3.63. The van der Waals surface area contributed by atoms with Gasteiger partial charge in [-0.05, 0) is 43.5 Å². The van der Waals surface area contributed by atoms with E-state index in [0.29, 0.717) is 24.6 Å². The first kappa shape index (κ1) is 21.8. The average molecular weight is 474 g/mol. The molecule has 2 N–H and O–H groups in total. The molecule has 1 atom stereocenters. The molecule has 0 aliphatic carbocycles. The summed E-state index contributed by atoms with van der Waals surface area (Å²) in [6, 6.07) is 11.7. The molecular weight excluding hydrogens is 446 g/mol. The van der Waals surface area contributed by atoms with Gasteiger partial charge in [0.2, 0.25) is 5.88 Å². The Hall–Kier alpha value is -3.69. The number of hydrogen-bond acceptors (Lipinski definition) is 7. The van der Waals surface area contributed by atoms with E-state index in [1.165, 1.54) is 0 Å². The van der Waals surface area contributed by atoms with Gasteiger partial charge in [-0.3, -0.25) is 14.8 Å². The Bertz CT molecular complexity index is 1310. The molecule has 1 unspecified atom stereocenters. The summed E-state index contributed by atoms with van der Waals surface area (Å²) in [6.45, 7) is 3.30. The van der Waals surface area contributed by atoms with Crippen molar-refractivity contribution in [2.75, 3.05) is 19.6 Å². The second-order valence-electron chi connectivity index (χ2n) is 9.22. The van der Waals surface area contributed by atoms with Gasteiger partial charge in [0.25, 0.3) is 5.91 Å². The summed E-state index contributed by atoms with van der Waals surface area (Å²) in [4.78, 5) is 20.8. The molecule has 2 aliphatic heterocycles. The molecule has 9 heteroatoms. The molecule has 9 nitrogen and oxygen atoms in total. The lowest BCUT2D eigenvalue weighted by Gasteiger charge is -2.36. The van der Waals surface area contributed by atoms with Crippen molar-refractivity contribution in [3.63, 3.8) is 0 Å². The number of amides is 1. The molecule has 0 spiro atoms. The molecule has 3 aromatic heterocycles. The number of rotatable bonds is 6. The maximum atomic E-state index is 12.1. The standard InChI is InChI=1S/C26H27N5O4/c32-23-8-12-31(26(23)33)19-6-10-30(11-7-19)15-18-16-34-24-13-20(2-3-21(18)24)35-25-4-1-17(14-27-25)22-5-9-28-29-22/h1-5,9,13-14,16,19,23,32H,6-8,10-12,15H2,(H,28,29). The molecule has 6 rings (SSSR count). The fourth-order valence-corrected chi connectivity index (χ4v) is 5.07. The summed E-state index contributed by atoms with van der Waals surface area (Å²) in [7, 11) is 0. The minimum atomic E-state index is -0.809. The molecule has 4 aromatic rings. The van der Waals surface area contributed by atoms with E-state index in [1.54, 1.807) is 12.4 Å². The number of H-pyrrole nitrogens is 1. The van der Waals surface area contributed by atoms with Crippen LogP contribution in [0, 0.1) is 0 Å². The van der Waals surface area contributed by atoms with Crippen LogP contribution in [-0.4, -0.2) is 67.8 Å². The number of piperidine rings is 1. The first-order valence-electron chi connectivity index (χ1n) is 12.0. The van der Waals surface area contributed by atoms with E-state index in [9.17, 15) is 9.90 Å². The number of ether oxygens (including phenoxy) is 1. The van der Waals surface area contributed by atoms with Gasteiger partial charge in [0.15, 0.2) is 0 Å². The predicted molar refractivity (Wildman–Crippen MR) is 129 cm³/mol. The lowest BCUT2D eigenvalue weighted by atomic mass is 10.0. The van der Waals surface area contributed by atoms with Gasteiger partial charge in [-0.15, -0.1) is 0 Å². The minimum absolute atomic E-state index is 0.105. The van der Waals surface area contributed by atoms with Gasteiger partial charge in [-0.25, -0.2) is 4.98 Å². The monoisotopic (exact) mass is 473 g/mol. The highest BCUT2D eigenvalue weighted by molar-refractivity contribution is 5.83. The lowest BCUT2D eigenvalue weighted by molar-refractivity contribution is -0.137. The van der Waals surface area contributed by atoms with Crippen molar-refractivity contribution in [1.29, 1.82) is 0 Å². The van der Waals surface area contributed by atoms with Crippen molar-refractivity contribution >= 4 is 16.9 Å². The Morgan fingerprint density at radius 3 is 2.71 bits per heavy atom. The van der Waals surface area contributed by atoms with Crippen molar-refractivity contribution in [2.45, 2.75) is 38.0 Å². The topological polar surface area (TPSA) is 108 Å². The number of nitrogens with zero attached hydrogens (tertiary/aromatic N) is 4. The number of carbonyl (C=O) groups is 1. The van der Waals surface area contributed by atoms with Crippen LogP contribution in [0.15, 0.2) is 59.5 Å². The summed E-state index contributed by atoms with van der Waals surface area (Å²) in [5.41, 5.74) is 3.76. The largest absolute Gasteiger partial charge is 0.464 e. The van der Waals surface area contributed by atoms with Crippen LogP contribution in [0.5, 0.6) is 11.6 Å². The zero-order chi connectivity index (χ0) is 23.8. The normalized spacial score (nSPS) is 19.6. The number of likely N-dealkylation sites (tertiary alicyclic amines) is 2. The molecule has 180 valence electrons. The van der Waals surface area contributed by atoms with Crippen LogP contribution in [-0.2, 0) is 11.3 Å². The van der Waals surface area contributed by atoms with Crippen molar-refractivity contribution in [2.24, 2.45) is 0 Å². The Balaban J connectivity index is 1.08. The zero-order valence-electron chi connectivity index (χ0n) is 19.3. The van der Waals surface area contributed by atoms with Gasteiger partial charge >= 0.3 is 0 Å². The third kappa shape index (κ3) is 4.40. The van der Waals surface area contributed by atoms with Gasteiger partial charge in [0.05, 0.1) is 12.0 Å². The van der Waals surface area contributed by atoms with Crippen LogP contribution in [0.25, 0.3) is 22.2 Å². The molecule has 35 heavy (non-hydrogen) atoms. The summed E-state index contributed by atoms with van der Waals surface area (Å²) in [5.74, 6) is 1.07. The van der Waals surface area contributed by atoms with Crippen LogP contribution in [0.3, 0.4) is 0 Å². The molecule has 2 fully saturated rings. The first-order valence-corrected chi connectivity index (χ1v) is 12.0. The lowest BCUT2D eigenvalue weighted by Crippen LogP contribution is -2.46. The molecule has 0 saturated carbocycles. The number of carbonyl (C=O) groups excluding carboxylic acids is 1. The Labute approximate surface area is 202 Å². The number of hydrogen-bond donors (Lipinski definition) is 2. The minimum Gasteiger partial charge on any atom is -0.464 e. The number of benzene rings is 1. The van der Waals surface area contributed by atoms with Crippen LogP contribution in [0.1, 0.15) is 24.8 Å². The summed E-state index contributed by atoms with van der Waals surface area (Å²) >= 11 is 0. The summed E-state index contributed by atoms with van der Waals surface area (Å²) < 4.78 is 11.8. The molecule has 1 aromatic carbocycles. The molecular formula is C26H27N5O4. The summed E-state index contributed by atoms with van der Waals surface area (Å²) in [5, 5.41) is 17.7. The van der Waals surface area contributed by atoms with E-state index in [0.717, 1.165) is 60.3 Å². The predicted octanol–water partition coefficient (Wildman–Crippen LogP) is 3.57. The van der Waals surface area contributed by atoms with Gasteiger partial charge in [0, 0.05) is 73.3 Å². The number of pyridine rings is 1. The number of fused-ring (bicyclic) bond motifs is 1. The quantitative estimate of drug-likeness (QED) is 0.441. The Kier molecular flexibility index (Phi) is 5.71. The second kappa shape index (κ2) is 9.16. The molecule has 2 aliphatic rings. The number of nitrogens with one attached hydrogen (secondary N) is 1. The third-order valence-corrected chi connectivity index (χ3v) is 7.00. The number of furan rings is 1. The Morgan fingerprint density at radius 1 is 1.11 bits per heavy atom. The number of aliphatic hydroxyl groups is 1. The van der Waals surface area contributed by atoms with Crippen LogP contribution in [0.2, 0.25) is 0 Å². The zero-order valence-corrected chi connectivity index (χ0v) is 19.3. The van der Waals surface area contributed by atoms with Gasteiger partial charge in [0.1, 0.15) is 17.4 Å². The second-order valence-corrected chi connectivity index (χ2v) is 9.22. The number of aliphatic hydroxyl groups excluding tert-OH is 1.